The highest BCUT2D eigenvalue weighted by molar-refractivity contribution is 5.83. The molecule has 32 heavy (non-hydrogen) atoms. The van der Waals surface area contributed by atoms with Crippen molar-refractivity contribution in [3.8, 4) is 0 Å². The maximum absolute atomic E-state index is 12.3. The second kappa shape index (κ2) is 10.1. The number of hydrogen-bond donors (Lipinski definition) is 1. The van der Waals surface area contributed by atoms with Crippen molar-refractivity contribution >= 4 is 17.6 Å². The minimum Gasteiger partial charge on any atom is -0.356 e. The van der Waals surface area contributed by atoms with Crippen LogP contribution in [0.3, 0.4) is 0 Å². The minimum atomic E-state index is -0.178. The Hall–Kier alpha value is -2.96. The second-order valence-electron chi connectivity index (χ2n) is 8.86. The van der Waals surface area contributed by atoms with Crippen molar-refractivity contribution in [2.24, 2.45) is 0 Å². The standard InChI is InChI=1S/C25H33N5O2/c1-18-22-9-6-13-30(14-10-20-7-4-3-5-8-20)25(22)28-24(27-18)21-11-15-29(16-12-21)23(32)17-26-19(2)31/h3-5,7-8,21H,6,9-17H2,1-2H3,(H,26,31). The molecule has 2 aromatic rings. The van der Waals surface area contributed by atoms with E-state index < -0.39 is 0 Å². The molecule has 0 radical (unpaired) electrons. The molecule has 7 heteroatoms. The fourth-order valence-electron chi connectivity index (χ4n) is 4.72. The average molecular weight is 436 g/mol. The zero-order valence-corrected chi connectivity index (χ0v) is 19.1. The van der Waals surface area contributed by atoms with Gasteiger partial charge in [0.05, 0.1) is 6.54 Å². The third kappa shape index (κ3) is 5.26. The molecule has 2 aliphatic heterocycles. The summed E-state index contributed by atoms with van der Waals surface area (Å²) in [6, 6.07) is 10.6. The molecular weight excluding hydrogens is 402 g/mol. The number of nitrogens with one attached hydrogen (secondary N) is 1. The zero-order valence-electron chi connectivity index (χ0n) is 19.1. The van der Waals surface area contributed by atoms with Crippen LogP contribution in [0.1, 0.15) is 54.7 Å². The molecule has 7 nitrogen and oxygen atoms in total. The van der Waals surface area contributed by atoms with E-state index in [-0.39, 0.29) is 24.3 Å². The lowest BCUT2D eigenvalue weighted by atomic mass is 9.95. The maximum atomic E-state index is 12.3. The van der Waals surface area contributed by atoms with E-state index in [1.54, 1.807) is 0 Å². The molecular formula is C25H33N5O2. The van der Waals surface area contributed by atoms with Crippen molar-refractivity contribution in [2.45, 2.75) is 51.9 Å². The Bertz CT molecular complexity index is 954. The molecule has 4 rings (SSSR count). The highest BCUT2D eigenvalue weighted by atomic mass is 16.2. The molecule has 2 aliphatic rings. The van der Waals surface area contributed by atoms with Crippen LogP contribution in [0, 0.1) is 6.92 Å². The van der Waals surface area contributed by atoms with Gasteiger partial charge in [0.1, 0.15) is 11.6 Å². The number of aromatic nitrogens is 2. The van der Waals surface area contributed by atoms with Gasteiger partial charge in [-0.1, -0.05) is 30.3 Å². The van der Waals surface area contributed by atoms with Gasteiger partial charge in [-0.25, -0.2) is 9.97 Å². The summed E-state index contributed by atoms with van der Waals surface area (Å²) in [5.41, 5.74) is 3.73. The summed E-state index contributed by atoms with van der Waals surface area (Å²) in [4.78, 5) is 37.6. The number of piperidine rings is 1. The van der Waals surface area contributed by atoms with Gasteiger partial charge in [-0.3, -0.25) is 9.59 Å². The van der Waals surface area contributed by atoms with Crippen LogP contribution in [0.2, 0.25) is 0 Å². The average Bonchev–Trinajstić information content (AvgIpc) is 2.82. The predicted octanol–water partition coefficient (Wildman–Crippen LogP) is 2.62. The normalized spacial score (nSPS) is 16.6. The number of carbonyl (C=O) groups excluding carboxylic acids is 2. The molecule has 0 aliphatic carbocycles. The first-order chi connectivity index (χ1) is 15.5. The van der Waals surface area contributed by atoms with E-state index in [0.717, 1.165) is 62.5 Å². The van der Waals surface area contributed by atoms with Crippen molar-refractivity contribution in [1.82, 2.24) is 20.2 Å². The molecule has 0 bridgehead atoms. The number of carbonyl (C=O) groups is 2. The third-order valence-corrected chi connectivity index (χ3v) is 6.58. The summed E-state index contributed by atoms with van der Waals surface area (Å²) in [7, 11) is 0. The van der Waals surface area contributed by atoms with Crippen molar-refractivity contribution < 1.29 is 9.59 Å². The quantitative estimate of drug-likeness (QED) is 0.755. The van der Waals surface area contributed by atoms with E-state index in [2.05, 4.69) is 47.5 Å². The summed E-state index contributed by atoms with van der Waals surface area (Å²) in [6.45, 7) is 6.97. The lowest BCUT2D eigenvalue weighted by molar-refractivity contribution is -0.133. The number of anilines is 1. The van der Waals surface area contributed by atoms with E-state index >= 15 is 0 Å². The molecule has 1 aromatic carbocycles. The number of rotatable bonds is 6. The molecule has 0 atom stereocenters. The molecule has 1 aromatic heterocycles. The fourth-order valence-corrected chi connectivity index (χ4v) is 4.72. The van der Waals surface area contributed by atoms with Crippen molar-refractivity contribution in [3.63, 3.8) is 0 Å². The molecule has 1 saturated heterocycles. The number of nitrogens with zero attached hydrogens (tertiary/aromatic N) is 4. The Morgan fingerprint density at radius 2 is 1.84 bits per heavy atom. The van der Waals surface area contributed by atoms with E-state index in [9.17, 15) is 9.59 Å². The van der Waals surface area contributed by atoms with E-state index in [4.69, 9.17) is 9.97 Å². The molecule has 0 saturated carbocycles. The van der Waals surface area contributed by atoms with Gasteiger partial charge in [-0.05, 0) is 44.6 Å². The summed E-state index contributed by atoms with van der Waals surface area (Å²) < 4.78 is 0. The fraction of sp³-hybridized carbons (Fsp3) is 0.520. The maximum Gasteiger partial charge on any atom is 0.241 e. The Balaban J connectivity index is 1.43. The minimum absolute atomic E-state index is 0.0201. The first kappa shape index (κ1) is 22.2. The van der Waals surface area contributed by atoms with Crippen molar-refractivity contribution in [1.29, 1.82) is 0 Å². The number of amides is 2. The summed E-state index contributed by atoms with van der Waals surface area (Å²) in [5.74, 6) is 2.10. The lowest BCUT2D eigenvalue weighted by Gasteiger charge is -2.34. The molecule has 3 heterocycles. The number of hydrogen-bond acceptors (Lipinski definition) is 5. The Labute approximate surface area is 190 Å². The van der Waals surface area contributed by atoms with Gasteiger partial charge in [0.25, 0.3) is 0 Å². The Kier molecular flexibility index (Phi) is 7.02. The molecule has 170 valence electrons. The van der Waals surface area contributed by atoms with Crippen LogP contribution >= 0.6 is 0 Å². The summed E-state index contributed by atoms with van der Waals surface area (Å²) in [5, 5.41) is 2.60. The van der Waals surface area contributed by atoms with Gasteiger partial charge < -0.3 is 15.1 Å². The van der Waals surface area contributed by atoms with Gasteiger partial charge in [0.2, 0.25) is 11.8 Å². The SMILES string of the molecule is CC(=O)NCC(=O)N1CCC(c2nc(C)c3c(n2)N(CCc2ccccc2)CCC3)CC1. The first-order valence-corrected chi connectivity index (χ1v) is 11.7. The highest BCUT2D eigenvalue weighted by Gasteiger charge is 2.28. The Morgan fingerprint density at radius 1 is 1.09 bits per heavy atom. The smallest absolute Gasteiger partial charge is 0.241 e. The number of likely N-dealkylation sites (tertiary alicyclic amines) is 1. The number of aryl methyl sites for hydroxylation is 1. The Morgan fingerprint density at radius 3 is 2.56 bits per heavy atom. The van der Waals surface area contributed by atoms with Gasteiger partial charge in [-0.15, -0.1) is 0 Å². The largest absolute Gasteiger partial charge is 0.356 e. The molecule has 2 amide bonds. The first-order valence-electron chi connectivity index (χ1n) is 11.7. The van der Waals surface area contributed by atoms with Gasteiger partial charge in [0, 0.05) is 50.3 Å². The number of benzene rings is 1. The van der Waals surface area contributed by atoms with Crippen LogP contribution in [-0.2, 0) is 22.4 Å². The molecule has 0 spiro atoms. The number of fused-ring (bicyclic) bond motifs is 1. The van der Waals surface area contributed by atoms with Gasteiger partial charge in [-0.2, -0.15) is 0 Å². The van der Waals surface area contributed by atoms with Gasteiger partial charge in [0.15, 0.2) is 0 Å². The van der Waals surface area contributed by atoms with E-state index in [1.165, 1.54) is 18.1 Å². The van der Waals surface area contributed by atoms with Crippen LogP contribution in [0.25, 0.3) is 0 Å². The van der Waals surface area contributed by atoms with Crippen LogP contribution in [0.5, 0.6) is 0 Å². The second-order valence-corrected chi connectivity index (χ2v) is 8.86. The van der Waals surface area contributed by atoms with E-state index in [0.29, 0.717) is 13.1 Å². The molecule has 1 fully saturated rings. The third-order valence-electron chi connectivity index (χ3n) is 6.58. The summed E-state index contributed by atoms with van der Waals surface area (Å²) in [6.07, 6.45) is 4.90. The zero-order chi connectivity index (χ0) is 22.5. The molecule has 1 N–H and O–H groups in total. The van der Waals surface area contributed by atoms with Crippen LogP contribution in [0.15, 0.2) is 30.3 Å². The highest BCUT2D eigenvalue weighted by Crippen LogP contribution is 2.32. The van der Waals surface area contributed by atoms with E-state index in [1.807, 2.05) is 4.90 Å². The monoisotopic (exact) mass is 435 g/mol. The summed E-state index contributed by atoms with van der Waals surface area (Å²) >= 11 is 0. The van der Waals surface area contributed by atoms with Crippen molar-refractivity contribution in [3.05, 3.63) is 53.0 Å². The van der Waals surface area contributed by atoms with Crippen LogP contribution < -0.4 is 10.2 Å². The predicted molar refractivity (Wildman–Crippen MR) is 125 cm³/mol. The van der Waals surface area contributed by atoms with Crippen LogP contribution in [0.4, 0.5) is 5.82 Å². The topological polar surface area (TPSA) is 78.4 Å². The van der Waals surface area contributed by atoms with Gasteiger partial charge >= 0.3 is 0 Å². The molecule has 0 unspecified atom stereocenters. The van der Waals surface area contributed by atoms with Crippen molar-refractivity contribution in [2.75, 3.05) is 37.6 Å². The van der Waals surface area contributed by atoms with Crippen LogP contribution in [-0.4, -0.2) is 59.4 Å². The lowest BCUT2D eigenvalue weighted by Crippen LogP contribution is -2.43.